The van der Waals surface area contributed by atoms with Gasteiger partial charge in [-0.3, -0.25) is 57.5 Å². The minimum atomic E-state index is -1.17. The van der Waals surface area contributed by atoms with Crippen LogP contribution in [0, 0.1) is 57.2 Å². The predicted octanol–water partition coefficient (Wildman–Crippen LogP) is 3.51. The Morgan fingerprint density at radius 2 is 0.888 bits per heavy atom. The van der Waals surface area contributed by atoms with Gasteiger partial charge in [-0.05, 0) is 102 Å². The van der Waals surface area contributed by atoms with Gasteiger partial charge in [-0.2, -0.15) is 0 Å². The molecule has 6 aliphatic rings. The molecule has 4 saturated carbocycles. The first-order valence-electron chi connectivity index (χ1n) is 33.7. The number of nitrogens with two attached hydrogens (primary N) is 1. The summed E-state index contributed by atoms with van der Waals surface area (Å²) in [5.74, 6) is -7.38. The molecule has 98 heavy (non-hydrogen) atoms. The van der Waals surface area contributed by atoms with Gasteiger partial charge in [-0.15, -0.1) is 12.4 Å². The molecule has 2 aromatic carbocycles. The molecule has 9 N–H and O–H groups in total. The van der Waals surface area contributed by atoms with Crippen LogP contribution >= 0.6 is 12.4 Å². The van der Waals surface area contributed by atoms with E-state index >= 15 is 0 Å². The summed E-state index contributed by atoms with van der Waals surface area (Å²) in [4.78, 5) is 178. The third-order valence-electron chi connectivity index (χ3n) is 19.8. The number of fused-ring (bicyclic) bond motifs is 2. The number of likely N-dealkylation sites (N-methyl/N-ethyl adjacent to an activating group) is 2. The SMILES string of the molecule is CN(C)C(=O)[C@@H](NC(=O)CNC(=O)C(=O)C(CC1CC1)NC(=O)[C@@H]1[C@@H]2C(CN1C(=O)[C@@H](N)C(C)(C)C)C2(C)C)c1ccccc1.CN(C)C(=O)[C@@H](NC(=O)CNC(=O)C(=O)C(CC1CC1)NC(=O)[C@@H]1[C@@H]2C(CN1C(=O)[C@@H](NC(=O)OC(C)(C)C)C(C)(C)C)C2(C)C)c1ccccc1.Cl. The number of likely N-dealkylation sites (tertiary alicyclic amines) is 2. The fraction of sp³-hybridized carbons (Fsp3) is 0.648. The van der Waals surface area contributed by atoms with E-state index in [4.69, 9.17) is 10.5 Å². The number of hydrogen-bond acceptors (Lipinski definition) is 15. The van der Waals surface area contributed by atoms with Gasteiger partial charge in [0.15, 0.2) is 0 Å². The first-order valence-corrected chi connectivity index (χ1v) is 33.7. The Balaban J connectivity index is 0.000000309. The molecule has 6 fully saturated rings. The van der Waals surface area contributed by atoms with Crippen LogP contribution in [0.1, 0.15) is 152 Å². The smallest absolute Gasteiger partial charge is 0.408 e. The number of Topliss-reactive ketones (excluding diaryl/α,β-unsaturated/α-hetero) is 2. The van der Waals surface area contributed by atoms with Crippen molar-refractivity contribution < 1.29 is 67.1 Å². The first-order chi connectivity index (χ1) is 45.0. The predicted molar refractivity (Wildman–Crippen MR) is 366 cm³/mol. The molecule has 8 rings (SSSR count). The van der Waals surface area contributed by atoms with Crippen LogP contribution in [0.5, 0.6) is 0 Å². The van der Waals surface area contributed by atoms with E-state index < -0.39 is 137 Å². The van der Waals surface area contributed by atoms with Crippen LogP contribution in [-0.4, -0.2) is 193 Å². The molecule has 0 radical (unpaired) electrons. The number of carbonyl (C=O) groups excluding carboxylic acids is 13. The lowest BCUT2D eigenvalue weighted by Crippen LogP contribution is -2.61. The third-order valence-corrected chi connectivity index (χ3v) is 19.8. The largest absolute Gasteiger partial charge is 0.444 e. The van der Waals surface area contributed by atoms with Crippen molar-refractivity contribution in [3.05, 3.63) is 71.8 Å². The monoisotopic (exact) mass is 1380 g/mol. The summed E-state index contributed by atoms with van der Waals surface area (Å²) in [6.45, 7) is 24.0. The summed E-state index contributed by atoms with van der Waals surface area (Å²) < 4.78 is 5.43. The lowest BCUT2D eigenvalue weighted by atomic mass is 9.85. The van der Waals surface area contributed by atoms with Crippen LogP contribution in [0.4, 0.5) is 4.79 Å². The summed E-state index contributed by atoms with van der Waals surface area (Å²) in [6.07, 6.45) is 3.24. The maximum absolute atomic E-state index is 14.2. The highest BCUT2D eigenvalue weighted by atomic mass is 35.5. The van der Waals surface area contributed by atoms with Crippen LogP contribution in [-0.2, 0) is 62.3 Å². The second-order valence-corrected chi connectivity index (χ2v) is 31.9. The summed E-state index contributed by atoms with van der Waals surface area (Å²) in [5.41, 5.74) is 5.03. The van der Waals surface area contributed by atoms with Gasteiger partial charge in [-0.1, -0.05) is 156 Å². The molecular weight excluding hydrogens is 1280 g/mol. The second-order valence-electron chi connectivity index (χ2n) is 31.9. The highest BCUT2D eigenvalue weighted by molar-refractivity contribution is 6.39. The van der Waals surface area contributed by atoms with Crippen LogP contribution in [0.3, 0.4) is 0 Å². The Morgan fingerprint density at radius 3 is 1.20 bits per heavy atom. The second kappa shape index (κ2) is 31.0. The van der Waals surface area contributed by atoms with Gasteiger partial charge in [0, 0.05) is 41.3 Å². The minimum absolute atomic E-state index is 0. The van der Waals surface area contributed by atoms with Gasteiger partial charge in [0.25, 0.3) is 11.8 Å². The number of halogens is 1. The zero-order valence-electron chi connectivity index (χ0n) is 59.9. The van der Waals surface area contributed by atoms with E-state index in [1.54, 1.807) is 115 Å². The number of amides is 11. The Bertz CT molecular complexity index is 3340. The van der Waals surface area contributed by atoms with Crippen molar-refractivity contribution in [3.63, 3.8) is 0 Å². The molecule has 4 aliphatic carbocycles. The molecule has 0 spiro atoms. The number of ketones is 2. The number of hydrogen-bond donors (Lipinski definition) is 8. The van der Waals surface area contributed by atoms with Gasteiger partial charge in [-0.25, -0.2) is 4.79 Å². The van der Waals surface area contributed by atoms with Crippen molar-refractivity contribution in [2.75, 3.05) is 54.4 Å². The standard InChI is InChI=1S/C38H56N6O8.C33H48N6O6.ClH/c1-36(2,3)30(42-35(51)52-37(4,5)6)34(50)44-20-23-26(38(23,7)8)28(44)31(47)40-24(18-21-16-17-21)29(46)32(48)39-19-25(45)41-27(33(49)43(9)10)22-14-12-11-13-15-22;1-32(2,3)27(34)31(45)39-17-20-23(33(20,4)5)25(39)28(42)36-21(15-18-13-14-18)26(41)29(43)35-16-22(40)37-24(30(44)38(6)7)19-11-9-8-10-12-19;/h11-15,21,23-24,26-28,30H,16-20H2,1-10H3,(H,39,48)(H,40,47)(H,41,45)(H,42,51);8-12,18,20-21,23-25,27H,13-17,34H2,1-7H3,(H,35,43)(H,36,42)(H,37,40);1H/t23?,24?,26-,27-,28-,30+;20?,21?,23-,24-,25-,27+;/m00./s1. The van der Waals surface area contributed by atoms with E-state index in [1.165, 1.54) is 14.7 Å². The van der Waals surface area contributed by atoms with Crippen LogP contribution in [0.2, 0.25) is 0 Å². The lowest BCUT2D eigenvalue weighted by molar-refractivity contribution is -0.145. The number of ether oxygens (including phenoxy) is 1. The molecule has 12 atom stereocenters. The van der Waals surface area contributed by atoms with E-state index in [2.05, 4.69) is 51.1 Å². The van der Waals surface area contributed by atoms with Crippen molar-refractivity contribution in [2.24, 2.45) is 62.9 Å². The van der Waals surface area contributed by atoms with Gasteiger partial charge < -0.3 is 67.3 Å². The quantitative estimate of drug-likeness (QED) is 0.0660. The van der Waals surface area contributed by atoms with Crippen molar-refractivity contribution >= 4 is 89.1 Å². The maximum atomic E-state index is 14.2. The van der Waals surface area contributed by atoms with E-state index in [1.807, 2.05) is 55.4 Å². The highest BCUT2D eigenvalue weighted by Gasteiger charge is 2.71. The third kappa shape index (κ3) is 19.5. The Morgan fingerprint density at radius 1 is 0.531 bits per heavy atom. The Hall–Kier alpha value is -8.00. The number of carbonyl (C=O) groups is 13. The van der Waals surface area contributed by atoms with E-state index in [0.29, 0.717) is 24.2 Å². The van der Waals surface area contributed by atoms with E-state index in [0.717, 1.165) is 25.7 Å². The number of benzene rings is 2. The molecule has 2 heterocycles. The molecule has 26 nitrogen and oxygen atoms in total. The zero-order valence-corrected chi connectivity index (χ0v) is 60.7. The molecule has 0 aromatic heterocycles. The molecule has 27 heteroatoms. The maximum Gasteiger partial charge on any atom is 0.408 e. The molecule has 0 bridgehead atoms. The van der Waals surface area contributed by atoms with Gasteiger partial charge in [0.1, 0.15) is 35.8 Å². The number of nitrogens with zero attached hydrogens (tertiary/aromatic N) is 4. The van der Waals surface area contributed by atoms with Crippen molar-refractivity contribution in [3.8, 4) is 0 Å². The van der Waals surface area contributed by atoms with Crippen molar-refractivity contribution in [1.29, 1.82) is 0 Å². The van der Waals surface area contributed by atoms with Crippen molar-refractivity contribution in [2.45, 2.75) is 182 Å². The lowest BCUT2D eigenvalue weighted by Gasteiger charge is -2.38. The number of nitrogens with one attached hydrogen (secondary N) is 7. The van der Waals surface area contributed by atoms with Crippen molar-refractivity contribution in [1.82, 2.24) is 56.8 Å². The number of alkyl carbamates (subject to hydrolysis) is 1. The average molecular weight is 1390 g/mol. The van der Waals surface area contributed by atoms with Crippen LogP contribution < -0.4 is 43.0 Å². The molecular formula is C71H105ClN12O14. The Labute approximate surface area is 582 Å². The summed E-state index contributed by atoms with van der Waals surface area (Å²) in [6, 6.07) is 9.58. The zero-order chi connectivity index (χ0) is 72.4. The number of piperidine rings is 2. The van der Waals surface area contributed by atoms with Crippen LogP contribution in [0.15, 0.2) is 60.7 Å². The molecule has 11 amide bonds. The molecule has 2 aliphatic heterocycles. The van der Waals surface area contributed by atoms with Gasteiger partial charge in [0.05, 0.1) is 31.2 Å². The van der Waals surface area contributed by atoms with E-state index in [9.17, 15) is 62.3 Å². The van der Waals surface area contributed by atoms with Gasteiger partial charge in [0.2, 0.25) is 58.8 Å². The normalized spacial score (nSPS) is 22.6. The topological polar surface area (TPSA) is 354 Å². The summed E-state index contributed by atoms with van der Waals surface area (Å²) in [7, 11) is 6.27. The first kappa shape index (κ1) is 79.0. The molecule has 4 unspecified atom stereocenters. The fourth-order valence-corrected chi connectivity index (χ4v) is 13.4. The molecule has 540 valence electrons. The fourth-order valence-electron chi connectivity index (χ4n) is 13.4. The summed E-state index contributed by atoms with van der Waals surface area (Å²) >= 11 is 0. The molecule has 2 saturated heterocycles. The molecule has 2 aromatic rings. The van der Waals surface area contributed by atoms with E-state index in [-0.39, 0.29) is 89.3 Å². The minimum Gasteiger partial charge on any atom is -0.444 e. The Kier molecular flexibility index (Phi) is 25.0. The number of rotatable bonds is 25. The van der Waals surface area contributed by atoms with Gasteiger partial charge >= 0.3 is 6.09 Å². The van der Waals surface area contributed by atoms with Crippen LogP contribution in [0.25, 0.3) is 0 Å². The highest BCUT2D eigenvalue weighted by Crippen LogP contribution is 2.66. The average Bonchev–Trinajstić information content (AvgIpc) is 1.53. The summed E-state index contributed by atoms with van der Waals surface area (Å²) in [5, 5.41) is 18.3.